The van der Waals surface area contributed by atoms with Gasteiger partial charge in [0.1, 0.15) is 12.1 Å². The molecule has 2 amide bonds. The number of amides is 2. The molecule has 1 aromatic heterocycles. The quantitative estimate of drug-likeness (QED) is 0.675. The number of carbonyl (C=O) groups excluding carboxylic acids is 2. The van der Waals surface area contributed by atoms with Gasteiger partial charge in [0.25, 0.3) is 5.91 Å². The molecule has 4 rings (SSSR count). The number of nitrogens with zero attached hydrogens (tertiary/aromatic N) is 2. The number of hydrogen-bond donors (Lipinski definition) is 1. The van der Waals surface area contributed by atoms with Crippen molar-refractivity contribution in [1.82, 2.24) is 4.98 Å². The Morgan fingerprint density at radius 3 is 2.63 bits per heavy atom. The second-order valence-corrected chi connectivity index (χ2v) is 7.65. The fraction of sp³-hybridized carbons (Fsp3) is 0.208. The van der Waals surface area contributed by atoms with Crippen LogP contribution in [-0.4, -0.2) is 23.3 Å². The number of hydrogen-bond acceptors (Lipinski definition) is 4. The summed E-state index contributed by atoms with van der Waals surface area (Å²) in [5.41, 5.74) is 3.71. The van der Waals surface area contributed by atoms with Gasteiger partial charge < -0.3 is 10.1 Å². The van der Waals surface area contributed by atoms with Crippen molar-refractivity contribution in [3.8, 4) is 11.6 Å². The highest BCUT2D eigenvalue weighted by Crippen LogP contribution is 2.38. The Balaban J connectivity index is 1.62. The maximum Gasteiger partial charge on any atom is 0.264 e. The summed E-state index contributed by atoms with van der Waals surface area (Å²) in [7, 11) is 0. The summed E-state index contributed by atoms with van der Waals surface area (Å²) in [6.07, 6.45) is 1.57. The molecule has 0 unspecified atom stereocenters. The fourth-order valence-corrected chi connectivity index (χ4v) is 3.37. The molecule has 0 saturated heterocycles. The molecule has 0 aliphatic carbocycles. The topological polar surface area (TPSA) is 71.5 Å². The molecule has 0 spiro atoms. The average Bonchev–Trinajstić information content (AvgIpc) is 2.84. The maximum atomic E-state index is 13.2. The summed E-state index contributed by atoms with van der Waals surface area (Å²) in [6.45, 7) is 6.02. The molecule has 3 aromatic rings. The molecule has 2 heterocycles. The van der Waals surface area contributed by atoms with E-state index in [0.29, 0.717) is 28.6 Å². The minimum absolute atomic E-state index is 0.140. The third-order valence-electron chi connectivity index (χ3n) is 5.02. The number of aromatic nitrogens is 1. The fourth-order valence-electron chi connectivity index (χ4n) is 3.37. The summed E-state index contributed by atoms with van der Waals surface area (Å²) < 4.78 is 5.89. The summed E-state index contributed by atoms with van der Waals surface area (Å²) in [5.74, 6) is 0.520. The largest absolute Gasteiger partial charge is 0.436 e. The zero-order valence-electron chi connectivity index (χ0n) is 17.2. The molecule has 6 heteroatoms. The summed E-state index contributed by atoms with van der Waals surface area (Å²) in [5, 5.41) is 2.88. The molecule has 30 heavy (non-hydrogen) atoms. The predicted molar refractivity (Wildman–Crippen MR) is 116 cm³/mol. The Bertz CT molecular complexity index is 1110. The van der Waals surface area contributed by atoms with Gasteiger partial charge >= 0.3 is 0 Å². The zero-order valence-corrected chi connectivity index (χ0v) is 17.2. The number of nitrogens with one attached hydrogen (secondary N) is 1. The highest BCUT2D eigenvalue weighted by molar-refractivity contribution is 6.12. The Morgan fingerprint density at radius 2 is 1.90 bits per heavy atom. The van der Waals surface area contributed by atoms with Crippen LogP contribution in [0.15, 0.2) is 60.8 Å². The van der Waals surface area contributed by atoms with Crippen LogP contribution < -0.4 is 15.0 Å². The minimum atomic E-state index is -0.326. The standard InChI is InChI=1S/C24H23N3O3/c1-15(2)17-7-9-18(10-8-17)26-22(28)14-27-20-13-16(3)6-11-21(20)30-23-19(24(27)29)5-4-12-25-23/h4-13,15H,14H2,1-3H3,(H,26,28). The highest BCUT2D eigenvalue weighted by Gasteiger charge is 2.30. The van der Waals surface area contributed by atoms with Crippen LogP contribution in [0.3, 0.4) is 0 Å². The van der Waals surface area contributed by atoms with Crippen LogP contribution in [0.4, 0.5) is 11.4 Å². The molecule has 0 radical (unpaired) electrons. The van der Waals surface area contributed by atoms with Crippen LogP contribution >= 0.6 is 0 Å². The molecule has 1 N–H and O–H groups in total. The molecule has 152 valence electrons. The molecular weight excluding hydrogens is 378 g/mol. The van der Waals surface area contributed by atoms with Crippen molar-refractivity contribution in [2.45, 2.75) is 26.7 Å². The van der Waals surface area contributed by atoms with Crippen molar-refractivity contribution < 1.29 is 14.3 Å². The van der Waals surface area contributed by atoms with E-state index in [1.165, 1.54) is 10.5 Å². The number of aryl methyl sites for hydroxylation is 1. The number of fused-ring (bicyclic) bond motifs is 2. The first-order valence-corrected chi connectivity index (χ1v) is 9.87. The second kappa shape index (κ2) is 7.99. The van der Waals surface area contributed by atoms with Gasteiger partial charge in [0.2, 0.25) is 11.8 Å². The first-order valence-electron chi connectivity index (χ1n) is 9.87. The van der Waals surface area contributed by atoms with Gasteiger partial charge in [0.05, 0.1) is 5.69 Å². The van der Waals surface area contributed by atoms with E-state index in [9.17, 15) is 9.59 Å². The van der Waals surface area contributed by atoms with E-state index >= 15 is 0 Å². The first-order chi connectivity index (χ1) is 14.4. The lowest BCUT2D eigenvalue weighted by molar-refractivity contribution is -0.114. The molecule has 1 aliphatic rings. The highest BCUT2D eigenvalue weighted by atomic mass is 16.5. The lowest BCUT2D eigenvalue weighted by atomic mass is 10.0. The third kappa shape index (κ3) is 3.89. The number of carbonyl (C=O) groups is 2. The predicted octanol–water partition coefficient (Wildman–Crippen LogP) is 4.90. The van der Waals surface area contributed by atoms with Crippen LogP contribution in [0.2, 0.25) is 0 Å². The Hall–Kier alpha value is -3.67. The van der Waals surface area contributed by atoms with Gasteiger partial charge in [-0.15, -0.1) is 0 Å². The Kier molecular flexibility index (Phi) is 5.23. The van der Waals surface area contributed by atoms with E-state index in [2.05, 4.69) is 24.1 Å². The van der Waals surface area contributed by atoms with E-state index in [-0.39, 0.29) is 24.2 Å². The minimum Gasteiger partial charge on any atom is -0.436 e. The first kappa shape index (κ1) is 19.6. The second-order valence-electron chi connectivity index (χ2n) is 7.65. The van der Waals surface area contributed by atoms with Crippen LogP contribution in [0, 0.1) is 6.92 Å². The normalized spacial score (nSPS) is 12.7. The molecule has 0 fully saturated rings. The molecule has 6 nitrogen and oxygen atoms in total. The number of benzene rings is 2. The van der Waals surface area contributed by atoms with Crippen molar-refractivity contribution in [2.24, 2.45) is 0 Å². The molecule has 2 aromatic carbocycles. The van der Waals surface area contributed by atoms with E-state index in [1.54, 1.807) is 24.4 Å². The van der Waals surface area contributed by atoms with Crippen molar-refractivity contribution in [1.29, 1.82) is 0 Å². The molecule has 0 atom stereocenters. The Morgan fingerprint density at radius 1 is 1.13 bits per heavy atom. The van der Waals surface area contributed by atoms with E-state index in [4.69, 9.17) is 4.74 Å². The van der Waals surface area contributed by atoms with Crippen LogP contribution in [0.1, 0.15) is 41.3 Å². The summed E-state index contributed by atoms with van der Waals surface area (Å²) in [6, 6.07) is 16.6. The van der Waals surface area contributed by atoms with Gasteiger partial charge in [-0.3, -0.25) is 14.5 Å². The monoisotopic (exact) mass is 401 g/mol. The Labute approximate surface area is 175 Å². The molecule has 0 bridgehead atoms. The SMILES string of the molecule is Cc1ccc2c(c1)N(CC(=O)Nc1ccc(C(C)C)cc1)C(=O)c1cccnc1O2. The van der Waals surface area contributed by atoms with Crippen molar-refractivity contribution in [3.63, 3.8) is 0 Å². The van der Waals surface area contributed by atoms with Gasteiger partial charge in [-0.2, -0.15) is 0 Å². The molecular formula is C24H23N3O3. The van der Waals surface area contributed by atoms with Gasteiger partial charge in [-0.05, 0) is 60.4 Å². The number of rotatable bonds is 4. The summed E-state index contributed by atoms with van der Waals surface area (Å²) in [4.78, 5) is 31.7. The van der Waals surface area contributed by atoms with Crippen molar-refractivity contribution in [3.05, 3.63) is 77.5 Å². The van der Waals surface area contributed by atoms with Crippen molar-refractivity contribution >= 4 is 23.2 Å². The number of ether oxygens (including phenoxy) is 1. The molecule has 0 saturated carbocycles. The van der Waals surface area contributed by atoms with Crippen LogP contribution in [0.25, 0.3) is 0 Å². The number of anilines is 2. The van der Waals surface area contributed by atoms with Crippen LogP contribution in [-0.2, 0) is 4.79 Å². The van der Waals surface area contributed by atoms with Gasteiger partial charge in [-0.25, -0.2) is 4.98 Å². The maximum absolute atomic E-state index is 13.2. The molecule has 1 aliphatic heterocycles. The zero-order chi connectivity index (χ0) is 21.3. The third-order valence-corrected chi connectivity index (χ3v) is 5.02. The lowest BCUT2D eigenvalue weighted by Crippen LogP contribution is -2.37. The number of pyridine rings is 1. The lowest BCUT2D eigenvalue weighted by Gasteiger charge is -2.22. The van der Waals surface area contributed by atoms with Gasteiger partial charge in [0.15, 0.2) is 5.75 Å². The van der Waals surface area contributed by atoms with Crippen molar-refractivity contribution in [2.75, 3.05) is 16.8 Å². The summed E-state index contributed by atoms with van der Waals surface area (Å²) >= 11 is 0. The van der Waals surface area contributed by atoms with Gasteiger partial charge in [-0.1, -0.05) is 32.0 Å². The van der Waals surface area contributed by atoms with Gasteiger partial charge in [0, 0.05) is 11.9 Å². The van der Waals surface area contributed by atoms with Crippen LogP contribution in [0.5, 0.6) is 11.6 Å². The van der Waals surface area contributed by atoms with E-state index in [1.807, 2.05) is 43.3 Å². The smallest absolute Gasteiger partial charge is 0.264 e. The van der Waals surface area contributed by atoms with E-state index in [0.717, 1.165) is 5.56 Å². The van der Waals surface area contributed by atoms with E-state index < -0.39 is 0 Å². The average molecular weight is 401 g/mol.